The maximum absolute atomic E-state index is 13.0. The summed E-state index contributed by atoms with van der Waals surface area (Å²) >= 11 is 0. The molecule has 6 nitrogen and oxygen atoms in total. The number of hydrogen-bond donors (Lipinski definition) is 1. The highest BCUT2D eigenvalue weighted by molar-refractivity contribution is 7.89. The third-order valence-corrected chi connectivity index (χ3v) is 7.79. The zero-order chi connectivity index (χ0) is 23.1. The van der Waals surface area contributed by atoms with Crippen LogP contribution in [0.25, 0.3) is 0 Å². The summed E-state index contributed by atoms with van der Waals surface area (Å²) in [5, 5.41) is 2.99. The van der Waals surface area contributed by atoms with Gasteiger partial charge in [0.15, 0.2) is 0 Å². The normalized spacial score (nSPS) is 15.6. The minimum Gasteiger partial charge on any atom is -0.494 e. The van der Waals surface area contributed by atoms with Gasteiger partial charge in [-0.05, 0) is 60.6 Å². The fourth-order valence-electron chi connectivity index (χ4n) is 3.79. The van der Waals surface area contributed by atoms with Crippen molar-refractivity contribution in [3.05, 3.63) is 59.7 Å². The Morgan fingerprint density at radius 2 is 1.69 bits per heavy atom. The number of nitrogens with zero attached hydrogens (tertiary/aromatic N) is 1. The van der Waals surface area contributed by atoms with Crippen LogP contribution in [0.2, 0.25) is 0 Å². The van der Waals surface area contributed by atoms with Crippen LogP contribution in [0.5, 0.6) is 5.75 Å². The van der Waals surface area contributed by atoms with Gasteiger partial charge in [-0.3, -0.25) is 4.79 Å². The molecule has 1 amide bonds. The van der Waals surface area contributed by atoms with Crippen LogP contribution in [0.4, 0.5) is 0 Å². The van der Waals surface area contributed by atoms with Gasteiger partial charge in [-0.25, -0.2) is 8.42 Å². The highest BCUT2D eigenvalue weighted by atomic mass is 32.2. The van der Waals surface area contributed by atoms with Gasteiger partial charge in [-0.1, -0.05) is 45.0 Å². The van der Waals surface area contributed by atoms with Gasteiger partial charge in [0.1, 0.15) is 5.75 Å². The Kier molecular flexibility index (Phi) is 8.32. The van der Waals surface area contributed by atoms with Crippen LogP contribution in [0.3, 0.4) is 0 Å². The van der Waals surface area contributed by atoms with E-state index in [9.17, 15) is 13.2 Å². The van der Waals surface area contributed by atoms with Crippen molar-refractivity contribution in [1.82, 2.24) is 9.62 Å². The van der Waals surface area contributed by atoms with Gasteiger partial charge in [0.2, 0.25) is 15.9 Å². The molecule has 3 rings (SSSR count). The van der Waals surface area contributed by atoms with Crippen molar-refractivity contribution in [2.75, 3.05) is 19.7 Å². The van der Waals surface area contributed by atoms with E-state index in [4.69, 9.17) is 4.74 Å². The predicted octanol–water partition coefficient (Wildman–Crippen LogP) is 4.32. The van der Waals surface area contributed by atoms with E-state index in [2.05, 4.69) is 26.1 Å². The summed E-state index contributed by atoms with van der Waals surface area (Å²) in [6.07, 6.45) is 2.01. The molecular formula is C25H34N2O4S. The third kappa shape index (κ3) is 6.11. The van der Waals surface area contributed by atoms with Crippen LogP contribution < -0.4 is 10.1 Å². The Bertz CT molecular complexity index is 978. The number of hydrogen-bond acceptors (Lipinski definition) is 4. The van der Waals surface area contributed by atoms with Crippen molar-refractivity contribution in [3.8, 4) is 5.75 Å². The second kappa shape index (κ2) is 11.0. The molecule has 1 N–H and O–H groups in total. The molecule has 2 aromatic carbocycles. The summed E-state index contributed by atoms with van der Waals surface area (Å²) in [7, 11) is -3.53. The first kappa shape index (κ1) is 24.3. The van der Waals surface area contributed by atoms with E-state index < -0.39 is 10.0 Å². The SMILES string of the molecule is CCCOc1ccc(CNC(=O)C2CCN(S(=O)(=O)c3ccc(C(C)C)cc3)CC2)cc1. The number of carbonyl (C=O) groups excluding carboxylic acids is 1. The minimum absolute atomic E-state index is 0.0188. The number of ether oxygens (including phenoxy) is 1. The zero-order valence-corrected chi connectivity index (χ0v) is 20.0. The Hall–Kier alpha value is -2.38. The molecule has 32 heavy (non-hydrogen) atoms. The van der Waals surface area contributed by atoms with Crippen molar-refractivity contribution in [2.45, 2.75) is 57.4 Å². The highest BCUT2D eigenvalue weighted by Gasteiger charge is 2.32. The lowest BCUT2D eigenvalue weighted by molar-refractivity contribution is -0.126. The van der Waals surface area contributed by atoms with Gasteiger partial charge < -0.3 is 10.1 Å². The molecule has 0 aromatic heterocycles. The Morgan fingerprint density at radius 1 is 1.06 bits per heavy atom. The molecule has 1 aliphatic heterocycles. The lowest BCUT2D eigenvalue weighted by atomic mass is 9.97. The average Bonchev–Trinajstić information content (AvgIpc) is 2.82. The molecule has 0 aliphatic carbocycles. The van der Waals surface area contributed by atoms with Gasteiger partial charge in [-0.2, -0.15) is 4.31 Å². The first-order chi connectivity index (χ1) is 15.3. The lowest BCUT2D eigenvalue weighted by Gasteiger charge is -2.30. The minimum atomic E-state index is -3.53. The maximum Gasteiger partial charge on any atom is 0.243 e. The number of piperidine rings is 1. The topological polar surface area (TPSA) is 75.7 Å². The average molecular weight is 459 g/mol. The molecule has 2 aromatic rings. The van der Waals surface area contributed by atoms with Gasteiger partial charge in [0, 0.05) is 25.6 Å². The molecule has 0 saturated carbocycles. The van der Waals surface area contributed by atoms with Crippen molar-refractivity contribution in [1.29, 1.82) is 0 Å². The number of amides is 1. The molecule has 0 radical (unpaired) electrons. The molecule has 1 saturated heterocycles. The summed E-state index contributed by atoms with van der Waals surface area (Å²) in [5.41, 5.74) is 2.12. The Balaban J connectivity index is 1.49. The molecule has 0 atom stereocenters. The predicted molar refractivity (Wildman–Crippen MR) is 126 cm³/mol. The van der Waals surface area contributed by atoms with E-state index in [0.717, 1.165) is 23.3 Å². The van der Waals surface area contributed by atoms with E-state index in [1.807, 2.05) is 36.4 Å². The fourth-order valence-corrected chi connectivity index (χ4v) is 5.26. The van der Waals surface area contributed by atoms with Crippen LogP contribution in [0, 0.1) is 5.92 Å². The monoisotopic (exact) mass is 458 g/mol. The van der Waals surface area contributed by atoms with Crippen LogP contribution in [-0.4, -0.2) is 38.3 Å². The maximum atomic E-state index is 13.0. The van der Waals surface area contributed by atoms with Gasteiger partial charge >= 0.3 is 0 Å². The summed E-state index contributed by atoms with van der Waals surface area (Å²) in [4.78, 5) is 12.9. The van der Waals surface area contributed by atoms with Crippen LogP contribution in [0.1, 0.15) is 57.1 Å². The lowest BCUT2D eigenvalue weighted by Crippen LogP contribution is -2.42. The Morgan fingerprint density at radius 3 is 2.25 bits per heavy atom. The first-order valence-electron chi connectivity index (χ1n) is 11.4. The molecular weight excluding hydrogens is 424 g/mol. The molecule has 1 aliphatic rings. The number of nitrogens with one attached hydrogen (secondary N) is 1. The van der Waals surface area contributed by atoms with Gasteiger partial charge in [-0.15, -0.1) is 0 Å². The van der Waals surface area contributed by atoms with Crippen LogP contribution >= 0.6 is 0 Å². The largest absolute Gasteiger partial charge is 0.494 e. The molecule has 7 heteroatoms. The molecule has 0 bridgehead atoms. The highest BCUT2D eigenvalue weighted by Crippen LogP contribution is 2.25. The van der Waals surface area contributed by atoms with Crippen LogP contribution in [-0.2, 0) is 21.4 Å². The summed E-state index contributed by atoms with van der Waals surface area (Å²) < 4.78 is 33.0. The van der Waals surface area contributed by atoms with Crippen molar-refractivity contribution >= 4 is 15.9 Å². The smallest absolute Gasteiger partial charge is 0.243 e. The van der Waals surface area contributed by atoms with Gasteiger partial charge in [0.05, 0.1) is 11.5 Å². The summed E-state index contributed by atoms with van der Waals surface area (Å²) in [6.45, 7) is 8.08. The molecule has 1 heterocycles. The fraction of sp³-hybridized carbons (Fsp3) is 0.480. The number of carbonyl (C=O) groups is 1. The van der Waals surface area contributed by atoms with E-state index in [1.165, 1.54) is 4.31 Å². The van der Waals surface area contributed by atoms with E-state index in [1.54, 1.807) is 12.1 Å². The number of sulfonamides is 1. The summed E-state index contributed by atoms with van der Waals surface area (Å²) in [5.74, 6) is 0.995. The number of rotatable bonds is 9. The molecule has 174 valence electrons. The third-order valence-electron chi connectivity index (χ3n) is 5.87. The van der Waals surface area contributed by atoms with Gasteiger partial charge in [0.25, 0.3) is 0 Å². The van der Waals surface area contributed by atoms with E-state index >= 15 is 0 Å². The zero-order valence-electron chi connectivity index (χ0n) is 19.2. The molecule has 0 unspecified atom stereocenters. The van der Waals surface area contributed by atoms with Crippen LogP contribution in [0.15, 0.2) is 53.4 Å². The second-order valence-corrected chi connectivity index (χ2v) is 10.6. The summed E-state index contributed by atoms with van der Waals surface area (Å²) in [6, 6.07) is 14.8. The van der Waals surface area contributed by atoms with Crippen molar-refractivity contribution in [2.24, 2.45) is 5.92 Å². The standard InChI is InChI=1S/C25H34N2O4S/c1-4-17-31-23-9-5-20(6-10-23)18-26-25(28)22-13-15-27(16-14-22)32(29,30)24-11-7-21(8-12-24)19(2)3/h5-12,19,22H,4,13-18H2,1-3H3,(H,26,28). The second-order valence-electron chi connectivity index (χ2n) is 8.61. The van der Waals surface area contributed by atoms with E-state index in [-0.39, 0.29) is 11.8 Å². The van der Waals surface area contributed by atoms with Crippen molar-refractivity contribution < 1.29 is 17.9 Å². The number of benzene rings is 2. The van der Waals surface area contributed by atoms with Crippen molar-refractivity contribution in [3.63, 3.8) is 0 Å². The molecule has 1 fully saturated rings. The quantitative estimate of drug-likeness (QED) is 0.607. The molecule has 0 spiro atoms. The first-order valence-corrected chi connectivity index (χ1v) is 12.8. The Labute approximate surface area is 192 Å². The van der Waals surface area contributed by atoms with E-state index in [0.29, 0.717) is 49.9 Å².